The summed E-state index contributed by atoms with van der Waals surface area (Å²) in [4.78, 5) is 16.2. The van der Waals surface area contributed by atoms with E-state index < -0.39 is 0 Å². The number of pyridine rings is 1. The van der Waals surface area contributed by atoms with Crippen molar-refractivity contribution in [3.63, 3.8) is 0 Å². The fraction of sp³-hybridized carbons (Fsp3) is 0.200. The van der Waals surface area contributed by atoms with Crippen LogP contribution in [0.15, 0.2) is 42.6 Å². The Hall–Kier alpha value is -2.40. The molecule has 20 heavy (non-hydrogen) atoms. The molecular formula is C15H18N4O. The number of hydrogen-bond donors (Lipinski definition) is 3. The predicted octanol–water partition coefficient (Wildman–Crippen LogP) is 2.17. The third kappa shape index (κ3) is 3.33. The number of anilines is 1. The zero-order chi connectivity index (χ0) is 14.5. The molecule has 0 aliphatic carbocycles. The lowest BCUT2D eigenvalue weighted by Crippen LogP contribution is -2.27. The highest BCUT2D eigenvalue weighted by Gasteiger charge is 2.12. The van der Waals surface area contributed by atoms with Gasteiger partial charge in [-0.1, -0.05) is 29.8 Å². The summed E-state index contributed by atoms with van der Waals surface area (Å²) < 4.78 is 0. The number of carbonyl (C=O) groups excluding carboxylic acids is 1. The third-order valence-electron chi connectivity index (χ3n) is 3.08. The number of benzene rings is 1. The Morgan fingerprint density at radius 1 is 1.25 bits per heavy atom. The first-order valence-corrected chi connectivity index (χ1v) is 6.40. The van der Waals surface area contributed by atoms with Crippen molar-refractivity contribution in [1.82, 2.24) is 10.3 Å². The Balaban J connectivity index is 2.08. The van der Waals surface area contributed by atoms with Crippen LogP contribution in [0.5, 0.6) is 0 Å². The Morgan fingerprint density at radius 2 is 1.95 bits per heavy atom. The zero-order valence-corrected chi connectivity index (χ0v) is 11.6. The van der Waals surface area contributed by atoms with Crippen LogP contribution in [0.2, 0.25) is 0 Å². The van der Waals surface area contributed by atoms with Gasteiger partial charge >= 0.3 is 0 Å². The van der Waals surface area contributed by atoms with Crippen LogP contribution in [-0.2, 0) is 0 Å². The number of hydrogen-bond acceptors (Lipinski definition) is 4. The standard InChI is InChI=1S/C15H18N4O/c1-10-3-5-12(6-4-10)11(2)18-15(20)14-9-13(19-16)7-8-17-14/h3-9,11H,16H2,1-2H3,(H,17,19)(H,18,20). The number of nitrogens with one attached hydrogen (secondary N) is 2. The number of nitrogen functional groups attached to an aromatic ring is 1. The molecule has 1 atom stereocenters. The van der Waals surface area contributed by atoms with Crippen LogP contribution < -0.4 is 16.6 Å². The number of amides is 1. The summed E-state index contributed by atoms with van der Waals surface area (Å²) in [6.07, 6.45) is 1.54. The minimum absolute atomic E-state index is 0.0839. The van der Waals surface area contributed by atoms with Crippen LogP contribution in [-0.4, -0.2) is 10.9 Å². The maximum Gasteiger partial charge on any atom is 0.270 e. The van der Waals surface area contributed by atoms with Crippen LogP contribution in [0, 0.1) is 6.92 Å². The maximum absolute atomic E-state index is 12.1. The van der Waals surface area contributed by atoms with Crippen LogP contribution in [0.1, 0.15) is 34.6 Å². The third-order valence-corrected chi connectivity index (χ3v) is 3.08. The Bertz CT molecular complexity index is 595. The van der Waals surface area contributed by atoms with E-state index >= 15 is 0 Å². The lowest BCUT2D eigenvalue weighted by Gasteiger charge is -2.14. The highest BCUT2D eigenvalue weighted by atomic mass is 16.1. The summed E-state index contributed by atoms with van der Waals surface area (Å²) in [7, 11) is 0. The topological polar surface area (TPSA) is 80.0 Å². The molecule has 0 fully saturated rings. The van der Waals surface area contributed by atoms with E-state index in [-0.39, 0.29) is 11.9 Å². The van der Waals surface area contributed by atoms with E-state index in [4.69, 9.17) is 5.84 Å². The first-order chi connectivity index (χ1) is 9.60. The van der Waals surface area contributed by atoms with Gasteiger partial charge in [0.15, 0.2) is 0 Å². The van der Waals surface area contributed by atoms with Crippen molar-refractivity contribution in [2.24, 2.45) is 5.84 Å². The molecule has 0 bridgehead atoms. The monoisotopic (exact) mass is 270 g/mol. The first-order valence-electron chi connectivity index (χ1n) is 6.40. The largest absolute Gasteiger partial charge is 0.344 e. The molecule has 1 unspecified atom stereocenters. The van der Waals surface area contributed by atoms with Gasteiger partial charge in [0, 0.05) is 6.20 Å². The van der Waals surface area contributed by atoms with Gasteiger partial charge < -0.3 is 10.7 Å². The van der Waals surface area contributed by atoms with Crippen molar-refractivity contribution in [2.75, 3.05) is 5.43 Å². The van der Waals surface area contributed by atoms with Crippen molar-refractivity contribution in [1.29, 1.82) is 0 Å². The number of nitrogens with two attached hydrogens (primary N) is 1. The van der Waals surface area contributed by atoms with Gasteiger partial charge in [-0.05, 0) is 31.5 Å². The van der Waals surface area contributed by atoms with Crippen LogP contribution in [0.25, 0.3) is 0 Å². The number of aromatic nitrogens is 1. The quantitative estimate of drug-likeness (QED) is 0.587. The molecule has 1 aromatic heterocycles. The van der Waals surface area contributed by atoms with Gasteiger partial charge in [-0.25, -0.2) is 0 Å². The van der Waals surface area contributed by atoms with Crippen LogP contribution >= 0.6 is 0 Å². The van der Waals surface area contributed by atoms with E-state index in [9.17, 15) is 4.79 Å². The summed E-state index contributed by atoms with van der Waals surface area (Å²) in [6, 6.07) is 11.3. The number of hydrazine groups is 1. The van der Waals surface area contributed by atoms with Gasteiger partial charge in [0.25, 0.3) is 5.91 Å². The number of rotatable bonds is 4. The van der Waals surface area contributed by atoms with E-state index in [0.717, 1.165) is 5.56 Å². The average Bonchev–Trinajstić information content (AvgIpc) is 2.47. The van der Waals surface area contributed by atoms with Crippen molar-refractivity contribution >= 4 is 11.6 Å². The molecule has 104 valence electrons. The molecule has 5 heteroatoms. The number of aryl methyl sites for hydroxylation is 1. The van der Waals surface area contributed by atoms with Crippen LogP contribution in [0.4, 0.5) is 5.69 Å². The summed E-state index contributed by atoms with van der Waals surface area (Å²) in [5.74, 6) is 5.09. The molecular weight excluding hydrogens is 252 g/mol. The highest BCUT2D eigenvalue weighted by Crippen LogP contribution is 2.14. The second-order valence-corrected chi connectivity index (χ2v) is 4.68. The van der Waals surface area contributed by atoms with E-state index in [1.165, 1.54) is 5.56 Å². The first kappa shape index (κ1) is 14.0. The molecule has 2 rings (SSSR count). The Kier molecular flexibility index (Phi) is 4.32. The number of carbonyl (C=O) groups is 1. The molecule has 0 radical (unpaired) electrons. The Morgan fingerprint density at radius 3 is 2.60 bits per heavy atom. The van der Waals surface area contributed by atoms with E-state index in [2.05, 4.69) is 15.7 Å². The van der Waals surface area contributed by atoms with Gasteiger partial charge in [0.1, 0.15) is 5.69 Å². The molecule has 4 N–H and O–H groups in total. The fourth-order valence-corrected chi connectivity index (χ4v) is 1.85. The minimum Gasteiger partial charge on any atom is -0.344 e. The second-order valence-electron chi connectivity index (χ2n) is 4.68. The lowest BCUT2D eigenvalue weighted by molar-refractivity contribution is 0.0935. The highest BCUT2D eigenvalue weighted by molar-refractivity contribution is 5.93. The number of nitrogens with zero attached hydrogens (tertiary/aromatic N) is 1. The molecule has 0 aliphatic rings. The van der Waals surface area contributed by atoms with E-state index in [1.54, 1.807) is 18.3 Å². The van der Waals surface area contributed by atoms with E-state index in [0.29, 0.717) is 11.4 Å². The molecule has 5 nitrogen and oxygen atoms in total. The Labute approximate surface area is 118 Å². The van der Waals surface area contributed by atoms with Gasteiger partial charge in [-0.3, -0.25) is 15.6 Å². The summed E-state index contributed by atoms with van der Waals surface area (Å²) in [5.41, 5.74) is 5.72. The van der Waals surface area contributed by atoms with Gasteiger partial charge in [-0.15, -0.1) is 0 Å². The second kappa shape index (κ2) is 6.16. The molecule has 1 aromatic carbocycles. The van der Waals surface area contributed by atoms with Crippen molar-refractivity contribution in [3.8, 4) is 0 Å². The predicted molar refractivity (Wildman–Crippen MR) is 79.1 cm³/mol. The molecule has 2 aromatic rings. The average molecular weight is 270 g/mol. The molecule has 1 amide bonds. The zero-order valence-electron chi connectivity index (χ0n) is 11.6. The molecule has 0 saturated carbocycles. The van der Waals surface area contributed by atoms with Crippen molar-refractivity contribution in [2.45, 2.75) is 19.9 Å². The molecule has 1 heterocycles. The summed E-state index contributed by atoms with van der Waals surface area (Å²) in [5, 5.41) is 2.91. The fourth-order valence-electron chi connectivity index (χ4n) is 1.85. The summed E-state index contributed by atoms with van der Waals surface area (Å²) >= 11 is 0. The van der Waals surface area contributed by atoms with Gasteiger partial charge in [0.05, 0.1) is 11.7 Å². The van der Waals surface area contributed by atoms with Crippen molar-refractivity contribution in [3.05, 3.63) is 59.4 Å². The maximum atomic E-state index is 12.1. The minimum atomic E-state index is -0.227. The van der Waals surface area contributed by atoms with Gasteiger partial charge in [-0.2, -0.15) is 0 Å². The van der Waals surface area contributed by atoms with Crippen LogP contribution in [0.3, 0.4) is 0 Å². The molecule has 0 saturated heterocycles. The normalized spacial score (nSPS) is 11.8. The summed E-state index contributed by atoms with van der Waals surface area (Å²) in [6.45, 7) is 3.97. The molecule has 0 aliphatic heterocycles. The SMILES string of the molecule is Cc1ccc(C(C)NC(=O)c2cc(NN)ccn2)cc1. The molecule has 0 spiro atoms. The smallest absolute Gasteiger partial charge is 0.270 e. The van der Waals surface area contributed by atoms with E-state index in [1.807, 2.05) is 38.1 Å². The van der Waals surface area contributed by atoms with Gasteiger partial charge in [0.2, 0.25) is 0 Å². The lowest BCUT2D eigenvalue weighted by atomic mass is 10.1. The van der Waals surface area contributed by atoms with Crippen molar-refractivity contribution < 1.29 is 4.79 Å².